The third-order valence-electron chi connectivity index (χ3n) is 2.12. The molecule has 0 aliphatic rings. The van der Waals surface area contributed by atoms with Crippen LogP contribution in [0.4, 0.5) is 0 Å². The maximum atomic E-state index is 11.2. The Morgan fingerprint density at radius 1 is 1.38 bits per heavy atom. The summed E-state index contributed by atoms with van der Waals surface area (Å²) in [6.45, 7) is 1.76. The molecule has 4 nitrogen and oxygen atoms in total. The Kier molecular flexibility index (Phi) is 4.58. The van der Waals surface area contributed by atoms with Crippen molar-refractivity contribution in [3.8, 4) is 5.75 Å². The second-order valence-electron chi connectivity index (χ2n) is 3.34. The number of rotatable bonds is 5. The molecule has 1 aromatic carbocycles. The molecule has 1 unspecified atom stereocenters. The second kappa shape index (κ2) is 5.52. The predicted octanol–water partition coefficient (Wildman–Crippen LogP) is 1.87. The summed E-state index contributed by atoms with van der Waals surface area (Å²) >= 11 is 5.30. The van der Waals surface area contributed by atoms with E-state index in [1.807, 2.05) is 0 Å². The van der Waals surface area contributed by atoms with Gasteiger partial charge in [-0.1, -0.05) is 12.1 Å². The summed E-state index contributed by atoms with van der Waals surface area (Å²) in [7, 11) is -1.82. The molecule has 6 heteroatoms. The van der Waals surface area contributed by atoms with Gasteiger partial charge in [-0.05, 0) is 24.6 Å². The number of hydrogen-bond donors (Lipinski definition) is 1. The fraction of sp³-hybridized carbons (Fsp3) is 0.400. The van der Waals surface area contributed by atoms with Crippen LogP contribution in [0.3, 0.4) is 0 Å². The van der Waals surface area contributed by atoms with Crippen molar-refractivity contribution in [3.63, 3.8) is 0 Å². The van der Waals surface area contributed by atoms with Crippen molar-refractivity contribution in [1.82, 2.24) is 4.72 Å². The Hall–Kier alpha value is -0.780. The Balaban J connectivity index is 2.77. The van der Waals surface area contributed by atoms with E-state index in [1.54, 1.807) is 38.3 Å². The molecule has 0 spiro atoms. The summed E-state index contributed by atoms with van der Waals surface area (Å²) in [5, 5.41) is -0.437. The number of nitrogens with one attached hydrogen (secondary N) is 1. The Bertz CT molecular complexity index is 430. The lowest BCUT2D eigenvalue weighted by molar-refractivity contribution is 0.414. The summed E-state index contributed by atoms with van der Waals surface area (Å²) in [5.41, 5.74) is 0.856. The van der Waals surface area contributed by atoms with E-state index in [0.29, 0.717) is 0 Å². The molecule has 0 bridgehead atoms. The topological polar surface area (TPSA) is 55.4 Å². The monoisotopic (exact) mass is 263 g/mol. The summed E-state index contributed by atoms with van der Waals surface area (Å²) in [6, 6.07) is 6.86. The highest BCUT2D eigenvalue weighted by Crippen LogP contribution is 2.17. The van der Waals surface area contributed by atoms with Gasteiger partial charge in [0, 0.05) is 6.04 Å². The molecule has 1 atom stereocenters. The number of hydrogen-bond acceptors (Lipinski definition) is 3. The minimum Gasteiger partial charge on any atom is -0.497 e. The van der Waals surface area contributed by atoms with Gasteiger partial charge >= 0.3 is 0 Å². The number of halogens is 1. The minimum absolute atomic E-state index is 0.311. The largest absolute Gasteiger partial charge is 0.497 e. The van der Waals surface area contributed by atoms with Crippen LogP contribution in [0.25, 0.3) is 0 Å². The summed E-state index contributed by atoms with van der Waals surface area (Å²) in [6.07, 6.45) is 0. The minimum atomic E-state index is -3.40. The third kappa shape index (κ3) is 3.66. The van der Waals surface area contributed by atoms with E-state index < -0.39 is 15.2 Å². The number of benzene rings is 1. The molecule has 0 fully saturated rings. The Labute approximate surface area is 101 Å². The van der Waals surface area contributed by atoms with Crippen molar-refractivity contribution in [1.29, 1.82) is 0 Å². The SMILES string of the molecule is COc1ccc(C(C)NS(=O)(=O)CCl)cc1. The molecule has 0 saturated carbocycles. The van der Waals surface area contributed by atoms with Gasteiger partial charge < -0.3 is 4.74 Å². The predicted molar refractivity (Wildman–Crippen MR) is 64.2 cm³/mol. The molecular weight excluding hydrogens is 250 g/mol. The third-order valence-corrected chi connectivity index (χ3v) is 3.98. The van der Waals surface area contributed by atoms with Crippen LogP contribution in [0, 0.1) is 0 Å². The maximum Gasteiger partial charge on any atom is 0.226 e. The van der Waals surface area contributed by atoms with E-state index in [9.17, 15) is 8.42 Å². The molecule has 0 amide bonds. The van der Waals surface area contributed by atoms with Gasteiger partial charge in [0.2, 0.25) is 10.0 Å². The van der Waals surface area contributed by atoms with Gasteiger partial charge in [-0.3, -0.25) is 0 Å². The molecule has 0 saturated heterocycles. The average Bonchev–Trinajstić information content (AvgIpc) is 2.28. The summed E-state index contributed by atoms with van der Waals surface area (Å²) < 4.78 is 29.9. The molecule has 0 aliphatic carbocycles. The molecule has 0 aromatic heterocycles. The lowest BCUT2D eigenvalue weighted by atomic mass is 10.1. The molecule has 0 aliphatic heterocycles. The average molecular weight is 264 g/mol. The number of sulfonamides is 1. The first-order chi connectivity index (χ1) is 7.48. The second-order valence-corrected chi connectivity index (χ2v) is 5.67. The van der Waals surface area contributed by atoms with Gasteiger partial charge in [0.25, 0.3) is 0 Å². The molecule has 0 radical (unpaired) electrons. The number of ether oxygens (including phenoxy) is 1. The first kappa shape index (κ1) is 13.3. The molecule has 1 rings (SSSR count). The smallest absolute Gasteiger partial charge is 0.226 e. The molecular formula is C10H14ClNO3S. The van der Waals surface area contributed by atoms with E-state index in [4.69, 9.17) is 16.3 Å². The quantitative estimate of drug-likeness (QED) is 0.825. The van der Waals surface area contributed by atoms with Gasteiger partial charge in [0.15, 0.2) is 0 Å². The van der Waals surface area contributed by atoms with Crippen molar-refractivity contribution < 1.29 is 13.2 Å². The van der Waals surface area contributed by atoms with Gasteiger partial charge in [-0.2, -0.15) is 0 Å². The summed E-state index contributed by atoms with van der Waals surface area (Å²) in [5.74, 6) is 0.733. The highest BCUT2D eigenvalue weighted by atomic mass is 35.5. The van der Waals surface area contributed by atoms with Crippen LogP contribution in [0.1, 0.15) is 18.5 Å². The zero-order valence-corrected chi connectivity index (χ0v) is 10.7. The van der Waals surface area contributed by atoms with Crippen molar-refractivity contribution >= 4 is 21.6 Å². The fourth-order valence-electron chi connectivity index (χ4n) is 1.26. The van der Waals surface area contributed by atoms with E-state index in [2.05, 4.69) is 4.72 Å². The van der Waals surface area contributed by atoms with Crippen LogP contribution >= 0.6 is 11.6 Å². The van der Waals surface area contributed by atoms with E-state index in [1.165, 1.54) is 0 Å². The zero-order chi connectivity index (χ0) is 12.2. The molecule has 90 valence electrons. The van der Waals surface area contributed by atoms with Crippen LogP contribution in [0.2, 0.25) is 0 Å². The highest BCUT2D eigenvalue weighted by Gasteiger charge is 2.14. The number of methoxy groups -OCH3 is 1. The molecule has 0 heterocycles. The first-order valence-corrected chi connectivity index (χ1v) is 6.87. The number of alkyl halides is 1. The van der Waals surface area contributed by atoms with E-state index in [0.717, 1.165) is 11.3 Å². The maximum absolute atomic E-state index is 11.2. The van der Waals surface area contributed by atoms with Crippen LogP contribution in [0.15, 0.2) is 24.3 Å². The van der Waals surface area contributed by atoms with Gasteiger partial charge in [-0.25, -0.2) is 13.1 Å². The van der Waals surface area contributed by atoms with Crippen LogP contribution in [0.5, 0.6) is 5.75 Å². The van der Waals surface area contributed by atoms with Crippen LogP contribution < -0.4 is 9.46 Å². The van der Waals surface area contributed by atoms with Crippen LogP contribution in [-0.2, 0) is 10.0 Å². The summed E-state index contributed by atoms with van der Waals surface area (Å²) in [4.78, 5) is 0. The van der Waals surface area contributed by atoms with E-state index in [-0.39, 0.29) is 6.04 Å². The zero-order valence-electron chi connectivity index (χ0n) is 9.10. The first-order valence-electron chi connectivity index (χ1n) is 4.68. The standard InChI is InChI=1S/C10H14ClNO3S/c1-8(12-16(13,14)7-11)9-3-5-10(15-2)6-4-9/h3-6,8,12H,7H2,1-2H3. The fourth-order valence-corrected chi connectivity index (χ4v) is 2.19. The highest BCUT2D eigenvalue weighted by molar-refractivity contribution is 7.90. The van der Waals surface area contributed by atoms with Crippen molar-refractivity contribution in [2.24, 2.45) is 0 Å². The Morgan fingerprint density at radius 2 is 1.94 bits per heavy atom. The lowest BCUT2D eigenvalue weighted by Gasteiger charge is -2.13. The molecule has 1 N–H and O–H groups in total. The Morgan fingerprint density at radius 3 is 2.38 bits per heavy atom. The van der Waals surface area contributed by atoms with Gasteiger partial charge in [0.1, 0.15) is 11.0 Å². The molecule has 16 heavy (non-hydrogen) atoms. The molecule has 1 aromatic rings. The van der Waals surface area contributed by atoms with Crippen LogP contribution in [-0.4, -0.2) is 20.7 Å². The lowest BCUT2D eigenvalue weighted by Crippen LogP contribution is -2.27. The van der Waals surface area contributed by atoms with Crippen molar-refractivity contribution in [2.75, 3.05) is 12.3 Å². The van der Waals surface area contributed by atoms with E-state index >= 15 is 0 Å². The van der Waals surface area contributed by atoms with Gasteiger partial charge in [-0.15, -0.1) is 11.6 Å². The van der Waals surface area contributed by atoms with Gasteiger partial charge in [0.05, 0.1) is 7.11 Å². The van der Waals surface area contributed by atoms with Crippen molar-refractivity contribution in [2.45, 2.75) is 13.0 Å². The van der Waals surface area contributed by atoms with Crippen molar-refractivity contribution in [3.05, 3.63) is 29.8 Å². The normalized spacial score (nSPS) is 13.4.